The summed E-state index contributed by atoms with van der Waals surface area (Å²) in [7, 11) is 0. The average molecular weight is 194 g/mol. The van der Waals surface area contributed by atoms with Gasteiger partial charge in [-0.15, -0.1) is 0 Å². The van der Waals surface area contributed by atoms with Gasteiger partial charge in [-0.05, 0) is 33.1 Å². The Balaban J connectivity index is 2.35. The Morgan fingerprint density at radius 1 is 1.21 bits per heavy atom. The van der Waals surface area contributed by atoms with E-state index in [1.54, 1.807) is 0 Å². The summed E-state index contributed by atoms with van der Waals surface area (Å²) < 4.78 is 4.83. The van der Waals surface area contributed by atoms with Crippen LogP contribution in [0.15, 0.2) is 11.1 Å². The first-order valence-electron chi connectivity index (χ1n) is 4.92. The van der Waals surface area contributed by atoms with Crippen molar-refractivity contribution >= 4 is 11.8 Å². The minimum Gasteiger partial charge on any atom is -0.457 e. The number of Topliss-reactive ketones (excluding diaryl/α,β-unsaturated/α-hetero) is 1. The highest BCUT2D eigenvalue weighted by atomic mass is 16.5. The van der Waals surface area contributed by atoms with Gasteiger partial charge in [0, 0.05) is 0 Å². The third kappa shape index (κ3) is 1.11. The summed E-state index contributed by atoms with van der Waals surface area (Å²) in [5.41, 5.74) is 1.66. The van der Waals surface area contributed by atoms with E-state index in [2.05, 4.69) is 6.92 Å². The molecule has 0 amide bonds. The van der Waals surface area contributed by atoms with Crippen LogP contribution in [0.25, 0.3) is 0 Å². The number of rotatable bonds is 0. The molecule has 76 valence electrons. The van der Waals surface area contributed by atoms with E-state index < -0.39 is 5.41 Å². The molecule has 1 unspecified atom stereocenters. The largest absolute Gasteiger partial charge is 0.457 e. The first kappa shape index (κ1) is 9.44. The number of ketones is 1. The number of cyclic esters (lactones) is 1. The van der Waals surface area contributed by atoms with Crippen molar-refractivity contribution in [2.45, 2.75) is 33.1 Å². The van der Waals surface area contributed by atoms with Crippen LogP contribution in [0.4, 0.5) is 0 Å². The number of carbonyl (C=O) groups excluding carboxylic acids is 2. The van der Waals surface area contributed by atoms with Gasteiger partial charge in [-0.2, -0.15) is 0 Å². The van der Waals surface area contributed by atoms with Crippen LogP contribution in [0.5, 0.6) is 0 Å². The summed E-state index contributed by atoms with van der Waals surface area (Å²) in [6.07, 6.45) is 2.04. The van der Waals surface area contributed by atoms with Gasteiger partial charge in [0.15, 0.2) is 12.4 Å². The van der Waals surface area contributed by atoms with Crippen molar-refractivity contribution in [3.05, 3.63) is 11.1 Å². The molecule has 0 bridgehead atoms. The molecule has 0 radical (unpaired) electrons. The number of ether oxygens (including phenoxy) is 1. The zero-order chi connectivity index (χ0) is 10.3. The summed E-state index contributed by atoms with van der Waals surface area (Å²) in [4.78, 5) is 23.2. The topological polar surface area (TPSA) is 43.4 Å². The molecule has 2 aliphatic rings. The molecule has 1 fully saturated rings. The van der Waals surface area contributed by atoms with Crippen molar-refractivity contribution < 1.29 is 14.3 Å². The number of carbonyl (C=O) groups is 2. The predicted octanol–water partition coefficient (Wildman–Crippen LogP) is 1.62. The molecule has 0 aromatic carbocycles. The maximum atomic E-state index is 11.6. The fraction of sp³-hybridized carbons (Fsp3) is 0.636. The van der Waals surface area contributed by atoms with Crippen LogP contribution in [-0.4, -0.2) is 18.4 Å². The Morgan fingerprint density at radius 2 is 1.93 bits per heavy atom. The van der Waals surface area contributed by atoms with E-state index in [4.69, 9.17) is 4.74 Å². The number of esters is 1. The molecule has 1 saturated heterocycles. The smallest absolute Gasteiger partial charge is 0.320 e. The standard InChI is InChI=1S/C11H14O3/c1-7-3-4-11(5-8(7)2)9(12)6-14-10(11)13/h3-6H2,1-2H3. The third-order valence-corrected chi connectivity index (χ3v) is 3.48. The molecule has 1 heterocycles. The molecule has 1 aliphatic carbocycles. The van der Waals surface area contributed by atoms with Crippen LogP contribution in [0.2, 0.25) is 0 Å². The van der Waals surface area contributed by atoms with Gasteiger partial charge in [0.1, 0.15) is 5.41 Å². The van der Waals surface area contributed by atoms with Crippen LogP contribution < -0.4 is 0 Å². The monoisotopic (exact) mass is 194 g/mol. The average Bonchev–Trinajstić information content (AvgIpc) is 2.41. The van der Waals surface area contributed by atoms with Crippen molar-refractivity contribution in [3.63, 3.8) is 0 Å². The van der Waals surface area contributed by atoms with Gasteiger partial charge in [-0.1, -0.05) is 11.1 Å². The summed E-state index contributed by atoms with van der Waals surface area (Å²) in [5, 5.41) is 0. The van der Waals surface area contributed by atoms with E-state index in [9.17, 15) is 9.59 Å². The molecule has 1 atom stereocenters. The van der Waals surface area contributed by atoms with E-state index in [-0.39, 0.29) is 18.4 Å². The molecule has 1 aliphatic heterocycles. The van der Waals surface area contributed by atoms with Crippen molar-refractivity contribution in [1.29, 1.82) is 0 Å². The first-order valence-corrected chi connectivity index (χ1v) is 4.92. The van der Waals surface area contributed by atoms with E-state index in [0.717, 1.165) is 6.42 Å². The number of allylic oxidation sites excluding steroid dienone is 2. The molecule has 0 aromatic rings. The van der Waals surface area contributed by atoms with Crippen LogP contribution in [0, 0.1) is 5.41 Å². The second-order valence-corrected chi connectivity index (χ2v) is 4.32. The zero-order valence-corrected chi connectivity index (χ0v) is 8.55. The van der Waals surface area contributed by atoms with Crippen molar-refractivity contribution in [1.82, 2.24) is 0 Å². The molecule has 0 aromatic heterocycles. The van der Waals surface area contributed by atoms with Gasteiger partial charge in [-0.25, -0.2) is 0 Å². The second-order valence-electron chi connectivity index (χ2n) is 4.32. The van der Waals surface area contributed by atoms with Crippen LogP contribution in [0.3, 0.4) is 0 Å². The Labute approximate surface area is 83.1 Å². The Kier molecular flexibility index (Phi) is 1.98. The summed E-state index contributed by atoms with van der Waals surface area (Å²) in [6.45, 7) is 4.03. The minimum atomic E-state index is -0.816. The van der Waals surface area contributed by atoms with Gasteiger partial charge in [0.2, 0.25) is 0 Å². The van der Waals surface area contributed by atoms with E-state index in [1.165, 1.54) is 11.1 Å². The van der Waals surface area contributed by atoms with Crippen molar-refractivity contribution in [2.75, 3.05) is 6.61 Å². The maximum absolute atomic E-state index is 11.6. The number of hydrogen-bond acceptors (Lipinski definition) is 3. The maximum Gasteiger partial charge on any atom is 0.320 e. The lowest BCUT2D eigenvalue weighted by molar-refractivity contribution is -0.147. The molecular formula is C11H14O3. The lowest BCUT2D eigenvalue weighted by atomic mass is 9.70. The Morgan fingerprint density at radius 3 is 2.43 bits per heavy atom. The molecule has 0 saturated carbocycles. The fourth-order valence-corrected chi connectivity index (χ4v) is 2.24. The van der Waals surface area contributed by atoms with Crippen molar-refractivity contribution in [3.8, 4) is 0 Å². The highest BCUT2D eigenvalue weighted by Crippen LogP contribution is 2.43. The quantitative estimate of drug-likeness (QED) is 0.334. The SMILES string of the molecule is CC1=C(C)CC2(CC1)C(=O)COC2=O. The summed E-state index contributed by atoms with van der Waals surface area (Å²) >= 11 is 0. The summed E-state index contributed by atoms with van der Waals surface area (Å²) in [6, 6.07) is 0. The highest BCUT2D eigenvalue weighted by molar-refractivity contribution is 6.09. The molecule has 1 spiro atoms. The lowest BCUT2D eigenvalue weighted by Crippen LogP contribution is -2.36. The third-order valence-electron chi connectivity index (χ3n) is 3.48. The molecular weight excluding hydrogens is 180 g/mol. The Bertz CT molecular complexity index is 322. The molecule has 3 nitrogen and oxygen atoms in total. The van der Waals surface area contributed by atoms with Gasteiger partial charge in [-0.3, -0.25) is 9.59 Å². The molecule has 14 heavy (non-hydrogen) atoms. The number of hydrogen-bond donors (Lipinski definition) is 0. The van der Waals surface area contributed by atoms with Gasteiger partial charge >= 0.3 is 5.97 Å². The molecule has 0 N–H and O–H groups in total. The second kappa shape index (κ2) is 2.94. The van der Waals surface area contributed by atoms with Crippen LogP contribution in [0.1, 0.15) is 33.1 Å². The van der Waals surface area contributed by atoms with E-state index in [1.807, 2.05) is 6.92 Å². The van der Waals surface area contributed by atoms with Crippen LogP contribution in [-0.2, 0) is 14.3 Å². The van der Waals surface area contributed by atoms with Crippen molar-refractivity contribution in [2.24, 2.45) is 5.41 Å². The Hall–Kier alpha value is -1.12. The predicted molar refractivity (Wildman–Crippen MR) is 50.6 cm³/mol. The fourth-order valence-electron chi connectivity index (χ4n) is 2.24. The highest BCUT2D eigenvalue weighted by Gasteiger charge is 2.52. The molecule has 3 heteroatoms. The molecule has 2 rings (SSSR count). The van der Waals surface area contributed by atoms with Gasteiger partial charge < -0.3 is 4.74 Å². The lowest BCUT2D eigenvalue weighted by Gasteiger charge is -2.29. The summed E-state index contributed by atoms with van der Waals surface area (Å²) in [5.74, 6) is -0.344. The van der Waals surface area contributed by atoms with Gasteiger partial charge in [0.05, 0.1) is 0 Å². The minimum absolute atomic E-state index is 0.0227. The van der Waals surface area contributed by atoms with E-state index >= 15 is 0 Å². The first-order chi connectivity index (χ1) is 6.56. The van der Waals surface area contributed by atoms with Gasteiger partial charge in [0.25, 0.3) is 0 Å². The van der Waals surface area contributed by atoms with E-state index in [0.29, 0.717) is 12.8 Å². The zero-order valence-electron chi connectivity index (χ0n) is 8.55. The normalized spacial score (nSPS) is 32.7. The van der Waals surface area contributed by atoms with Crippen LogP contribution >= 0.6 is 0 Å².